The monoisotopic (exact) mass is 291 g/mol. The van der Waals surface area contributed by atoms with Crippen molar-refractivity contribution in [1.29, 1.82) is 0 Å². The molecule has 1 fully saturated rings. The van der Waals surface area contributed by atoms with Crippen LogP contribution in [0.15, 0.2) is 48.5 Å². The lowest BCUT2D eigenvalue weighted by molar-refractivity contribution is 0.282. The summed E-state index contributed by atoms with van der Waals surface area (Å²) in [6.07, 6.45) is 6.25. The Morgan fingerprint density at radius 1 is 0.909 bits per heavy atom. The molecule has 1 spiro atoms. The first-order chi connectivity index (χ1) is 10.7. The topological polar surface area (TPSA) is 3.24 Å². The lowest BCUT2D eigenvalue weighted by Crippen LogP contribution is -2.31. The smallest absolute Gasteiger partial charge is 0.00980 e. The number of hydrogen-bond acceptors (Lipinski definition) is 1. The molecule has 0 bridgehead atoms. The fourth-order valence-electron chi connectivity index (χ4n) is 4.70. The predicted molar refractivity (Wildman–Crippen MR) is 92.4 cm³/mol. The number of fused-ring (bicyclic) bond motifs is 3. The maximum Gasteiger partial charge on any atom is 0.00980 e. The molecule has 2 aromatic rings. The van der Waals surface area contributed by atoms with Gasteiger partial charge in [-0.15, -0.1) is 0 Å². The Morgan fingerprint density at radius 2 is 1.59 bits per heavy atom. The van der Waals surface area contributed by atoms with Gasteiger partial charge in [-0.25, -0.2) is 0 Å². The molecule has 0 N–H and O–H groups in total. The van der Waals surface area contributed by atoms with Crippen LogP contribution in [0, 0.1) is 0 Å². The number of hydrogen-bond donors (Lipinski definition) is 0. The Labute approximate surface area is 134 Å². The molecule has 0 aromatic heterocycles. The molecule has 1 heteroatoms. The van der Waals surface area contributed by atoms with Crippen LogP contribution in [-0.4, -0.2) is 25.0 Å². The number of rotatable bonds is 1. The molecule has 114 valence electrons. The van der Waals surface area contributed by atoms with Gasteiger partial charge in [-0.1, -0.05) is 48.5 Å². The average Bonchev–Trinajstić information content (AvgIpc) is 2.89. The van der Waals surface area contributed by atoms with Crippen molar-refractivity contribution in [3.63, 3.8) is 0 Å². The van der Waals surface area contributed by atoms with E-state index < -0.39 is 0 Å². The summed E-state index contributed by atoms with van der Waals surface area (Å²) in [7, 11) is 4.47. The fourth-order valence-corrected chi connectivity index (χ4v) is 4.70. The second kappa shape index (κ2) is 5.24. The van der Waals surface area contributed by atoms with Gasteiger partial charge in [0.05, 0.1) is 0 Å². The van der Waals surface area contributed by atoms with Crippen LogP contribution in [0.25, 0.3) is 0 Å². The first-order valence-corrected chi connectivity index (χ1v) is 8.50. The third kappa shape index (κ3) is 2.19. The average molecular weight is 291 g/mol. The Balaban J connectivity index is 1.84. The van der Waals surface area contributed by atoms with Crippen molar-refractivity contribution in [2.45, 2.75) is 43.6 Å². The lowest BCUT2D eigenvalue weighted by Gasteiger charge is -2.32. The van der Waals surface area contributed by atoms with Crippen LogP contribution >= 0.6 is 0 Å². The van der Waals surface area contributed by atoms with E-state index in [1.807, 2.05) is 0 Å². The molecule has 2 atom stereocenters. The second-order valence-corrected chi connectivity index (χ2v) is 7.42. The van der Waals surface area contributed by atoms with E-state index in [-0.39, 0.29) is 0 Å². The molecule has 2 aliphatic rings. The maximum atomic E-state index is 2.42. The van der Waals surface area contributed by atoms with E-state index in [1.165, 1.54) is 31.2 Å². The molecular weight excluding hydrogens is 266 g/mol. The highest BCUT2D eigenvalue weighted by molar-refractivity contribution is 5.46. The van der Waals surface area contributed by atoms with E-state index in [0.29, 0.717) is 5.41 Å². The van der Waals surface area contributed by atoms with Crippen LogP contribution in [0.4, 0.5) is 0 Å². The zero-order valence-corrected chi connectivity index (χ0v) is 13.7. The van der Waals surface area contributed by atoms with Crippen LogP contribution in [-0.2, 0) is 18.3 Å². The third-order valence-electron chi connectivity index (χ3n) is 5.93. The minimum absolute atomic E-state index is 0.345. The lowest BCUT2D eigenvalue weighted by atomic mass is 9.73. The zero-order chi connectivity index (χ0) is 15.2. The largest absolute Gasteiger partial charge is 0.306 e. The Hall–Kier alpha value is -1.60. The van der Waals surface area contributed by atoms with Gasteiger partial charge in [0.1, 0.15) is 0 Å². The standard InChI is InChI=1S/C21H25N/c1-22(2)19-11-12-21(15-19)14-18-9-4-3-7-16(18)13-17-8-5-6-10-20(17)21/h3-10,19H,11-15H2,1-2H3. The summed E-state index contributed by atoms with van der Waals surface area (Å²) in [4.78, 5) is 2.42. The van der Waals surface area contributed by atoms with Crippen LogP contribution in [0.5, 0.6) is 0 Å². The van der Waals surface area contributed by atoms with Gasteiger partial charge in [0.2, 0.25) is 0 Å². The fraction of sp³-hybridized carbons (Fsp3) is 0.429. The summed E-state index contributed by atoms with van der Waals surface area (Å²) in [6.45, 7) is 0. The first-order valence-electron chi connectivity index (χ1n) is 8.50. The molecular formula is C21H25N. The molecule has 2 aromatic carbocycles. The van der Waals surface area contributed by atoms with Crippen molar-refractivity contribution in [3.8, 4) is 0 Å². The van der Waals surface area contributed by atoms with Gasteiger partial charge < -0.3 is 4.90 Å². The normalized spacial score (nSPS) is 26.8. The van der Waals surface area contributed by atoms with Gasteiger partial charge in [0.25, 0.3) is 0 Å². The first kappa shape index (κ1) is 14.0. The van der Waals surface area contributed by atoms with Gasteiger partial charge in [-0.2, -0.15) is 0 Å². The second-order valence-electron chi connectivity index (χ2n) is 7.42. The van der Waals surface area contributed by atoms with Crippen molar-refractivity contribution < 1.29 is 0 Å². The molecule has 0 amide bonds. The molecule has 0 radical (unpaired) electrons. The summed E-state index contributed by atoms with van der Waals surface area (Å²) < 4.78 is 0. The zero-order valence-electron chi connectivity index (χ0n) is 13.7. The van der Waals surface area contributed by atoms with Gasteiger partial charge in [-0.3, -0.25) is 0 Å². The minimum atomic E-state index is 0.345. The van der Waals surface area contributed by atoms with E-state index in [2.05, 4.69) is 67.5 Å². The van der Waals surface area contributed by atoms with Crippen LogP contribution in [0.2, 0.25) is 0 Å². The number of benzene rings is 2. The van der Waals surface area contributed by atoms with Gasteiger partial charge >= 0.3 is 0 Å². The highest BCUT2D eigenvalue weighted by atomic mass is 15.1. The van der Waals surface area contributed by atoms with Crippen LogP contribution in [0.3, 0.4) is 0 Å². The summed E-state index contributed by atoms with van der Waals surface area (Å²) in [6, 6.07) is 19.0. The van der Waals surface area contributed by atoms with E-state index in [9.17, 15) is 0 Å². The van der Waals surface area contributed by atoms with Crippen molar-refractivity contribution in [2.75, 3.05) is 14.1 Å². The van der Waals surface area contributed by atoms with E-state index in [0.717, 1.165) is 12.5 Å². The van der Waals surface area contributed by atoms with Gasteiger partial charge in [0.15, 0.2) is 0 Å². The molecule has 0 heterocycles. The Morgan fingerprint density at radius 3 is 2.32 bits per heavy atom. The summed E-state index contributed by atoms with van der Waals surface area (Å²) in [5.41, 5.74) is 6.61. The number of nitrogens with zero attached hydrogens (tertiary/aromatic N) is 1. The predicted octanol–water partition coefficient (Wildman–Crippen LogP) is 4.19. The Bertz CT molecular complexity index is 688. The molecule has 22 heavy (non-hydrogen) atoms. The summed E-state index contributed by atoms with van der Waals surface area (Å²) in [5.74, 6) is 0. The highest BCUT2D eigenvalue weighted by Crippen LogP contribution is 2.48. The maximum absolute atomic E-state index is 2.42. The molecule has 4 rings (SSSR count). The van der Waals surface area contributed by atoms with Crippen LogP contribution in [0.1, 0.15) is 41.5 Å². The Kier molecular flexibility index (Phi) is 3.34. The quantitative estimate of drug-likeness (QED) is 0.761. The van der Waals surface area contributed by atoms with Crippen molar-refractivity contribution >= 4 is 0 Å². The molecule has 0 saturated heterocycles. The molecule has 1 saturated carbocycles. The SMILES string of the molecule is CN(C)C1CCC2(Cc3ccccc3Cc3ccccc32)C1. The van der Waals surface area contributed by atoms with Crippen LogP contribution < -0.4 is 0 Å². The summed E-state index contributed by atoms with van der Waals surface area (Å²) in [5, 5.41) is 0. The molecule has 0 aliphatic heterocycles. The van der Waals surface area contributed by atoms with Gasteiger partial charge in [-0.05, 0) is 68.5 Å². The van der Waals surface area contributed by atoms with E-state index in [4.69, 9.17) is 0 Å². The third-order valence-corrected chi connectivity index (χ3v) is 5.93. The molecule has 2 unspecified atom stereocenters. The van der Waals surface area contributed by atoms with Crippen molar-refractivity contribution in [2.24, 2.45) is 0 Å². The minimum Gasteiger partial charge on any atom is -0.306 e. The van der Waals surface area contributed by atoms with Gasteiger partial charge in [0, 0.05) is 11.5 Å². The highest BCUT2D eigenvalue weighted by Gasteiger charge is 2.43. The van der Waals surface area contributed by atoms with Crippen molar-refractivity contribution in [1.82, 2.24) is 4.90 Å². The van der Waals surface area contributed by atoms with Crippen molar-refractivity contribution in [3.05, 3.63) is 70.8 Å². The molecule has 1 nitrogen and oxygen atoms in total. The van der Waals surface area contributed by atoms with E-state index >= 15 is 0 Å². The van der Waals surface area contributed by atoms with E-state index in [1.54, 1.807) is 16.7 Å². The summed E-state index contributed by atoms with van der Waals surface area (Å²) >= 11 is 0. The molecule has 2 aliphatic carbocycles.